The third-order valence-corrected chi connectivity index (χ3v) is 6.61. The van der Waals surface area contributed by atoms with Gasteiger partial charge < -0.3 is 10.2 Å². The fourth-order valence-electron chi connectivity index (χ4n) is 4.72. The van der Waals surface area contributed by atoms with Gasteiger partial charge in [0.1, 0.15) is 5.69 Å². The average Bonchev–Trinajstić information content (AvgIpc) is 3.31. The molecule has 154 valence electrons. The Morgan fingerprint density at radius 2 is 1.86 bits per heavy atom. The maximum absolute atomic E-state index is 12.8. The number of piperidine rings is 1. The fraction of sp³-hybridized carbons (Fsp3) is 0.762. The molecule has 2 amide bonds. The molecule has 1 aromatic rings. The van der Waals surface area contributed by atoms with E-state index in [0.717, 1.165) is 51.2 Å². The summed E-state index contributed by atoms with van der Waals surface area (Å²) in [4.78, 5) is 29.8. The standard InChI is InChI=1S/C21H33N5O2/c1-24-19(9-10-23-24)21(28)22-14-18-8-7-17(26(18)15-16-5-6-16)13-20(27)25-11-3-2-4-12-25/h9-10,16-18H,2-8,11-15H2,1H3,(H,22,28)/t17-,18+/m1/s1. The van der Waals surface area contributed by atoms with Crippen LogP contribution in [-0.4, -0.2) is 69.7 Å². The summed E-state index contributed by atoms with van der Waals surface area (Å²) in [5.41, 5.74) is 0.587. The van der Waals surface area contributed by atoms with Gasteiger partial charge in [0.05, 0.1) is 0 Å². The third kappa shape index (κ3) is 4.57. The molecule has 2 saturated heterocycles. The van der Waals surface area contributed by atoms with Crippen molar-refractivity contribution in [1.29, 1.82) is 0 Å². The molecule has 0 unspecified atom stereocenters. The van der Waals surface area contributed by atoms with Crippen molar-refractivity contribution in [2.45, 2.75) is 63.5 Å². The van der Waals surface area contributed by atoms with Gasteiger partial charge in [-0.25, -0.2) is 0 Å². The first kappa shape index (κ1) is 19.4. The number of carbonyl (C=O) groups is 2. The lowest BCUT2D eigenvalue weighted by molar-refractivity contribution is -0.133. The highest BCUT2D eigenvalue weighted by Crippen LogP contribution is 2.35. The van der Waals surface area contributed by atoms with E-state index in [0.29, 0.717) is 36.7 Å². The Labute approximate surface area is 167 Å². The molecule has 0 aromatic carbocycles. The van der Waals surface area contributed by atoms with Gasteiger partial charge in [-0.2, -0.15) is 5.10 Å². The molecular weight excluding hydrogens is 354 g/mol. The van der Waals surface area contributed by atoms with Gasteiger partial charge in [0.25, 0.3) is 5.91 Å². The zero-order chi connectivity index (χ0) is 19.5. The first-order valence-electron chi connectivity index (χ1n) is 10.9. The van der Waals surface area contributed by atoms with E-state index in [-0.39, 0.29) is 5.91 Å². The van der Waals surface area contributed by atoms with Gasteiger partial charge in [-0.15, -0.1) is 0 Å². The SMILES string of the molecule is Cn1nccc1C(=O)NC[C@@H]1CC[C@H](CC(=O)N2CCCCC2)N1CC1CC1. The van der Waals surface area contributed by atoms with Crippen LogP contribution in [0.5, 0.6) is 0 Å². The quantitative estimate of drug-likeness (QED) is 0.774. The summed E-state index contributed by atoms with van der Waals surface area (Å²) in [6.07, 6.45) is 10.5. The van der Waals surface area contributed by atoms with Crippen molar-refractivity contribution in [3.8, 4) is 0 Å². The van der Waals surface area contributed by atoms with Crippen molar-refractivity contribution in [1.82, 2.24) is 24.9 Å². The Morgan fingerprint density at radius 3 is 2.54 bits per heavy atom. The van der Waals surface area contributed by atoms with Crippen LogP contribution in [0.15, 0.2) is 12.3 Å². The second-order valence-electron chi connectivity index (χ2n) is 8.72. The van der Waals surface area contributed by atoms with Crippen LogP contribution in [0.3, 0.4) is 0 Å². The van der Waals surface area contributed by atoms with Crippen LogP contribution in [0.25, 0.3) is 0 Å². The Bertz CT molecular complexity index is 693. The molecule has 7 nitrogen and oxygen atoms in total. The van der Waals surface area contributed by atoms with Crippen LogP contribution >= 0.6 is 0 Å². The number of hydrogen-bond donors (Lipinski definition) is 1. The van der Waals surface area contributed by atoms with Crippen LogP contribution in [0.2, 0.25) is 0 Å². The highest BCUT2D eigenvalue weighted by Gasteiger charge is 2.38. The minimum Gasteiger partial charge on any atom is -0.349 e. The molecule has 3 heterocycles. The molecule has 0 spiro atoms. The van der Waals surface area contributed by atoms with Crippen LogP contribution in [0.4, 0.5) is 0 Å². The summed E-state index contributed by atoms with van der Waals surface area (Å²) in [6, 6.07) is 2.40. The molecule has 4 rings (SSSR count). The van der Waals surface area contributed by atoms with Crippen LogP contribution in [-0.2, 0) is 11.8 Å². The second-order valence-corrected chi connectivity index (χ2v) is 8.72. The number of likely N-dealkylation sites (tertiary alicyclic amines) is 2. The smallest absolute Gasteiger partial charge is 0.269 e. The van der Waals surface area contributed by atoms with Crippen LogP contribution in [0, 0.1) is 5.92 Å². The van der Waals surface area contributed by atoms with Gasteiger partial charge in [-0.1, -0.05) is 0 Å². The molecular formula is C21H33N5O2. The molecule has 2 aliphatic heterocycles. The number of nitrogens with one attached hydrogen (secondary N) is 1. The zero-order valence-electron chi connectivity index (χ0n) is 17.0. The molecule has 0 radical (unpaired) electrons. The predicted molar refractivity (Wildman–Crippen MR) is 107 cm³/mol. The topological polar surface area (TPSA) is 70.5 Å². The summed E-state index contributed by atoms with van der Waals surface area (Å²) in [5, 5.41) is 7.16. The molecule has 1 saturated carbocycles. The van der Waals surface area contributed by atoms with Crippen molar-refractivity contribution in [2.75, 3.05) is 26.2 Å². The highest BCUT2D eigenvalue weighted by molar-refractivity contribution is 5.92. The molecule has 0 bridgehead atoms. The minimum atomic E-state index is -0.0702. The van der Waals surface area contributed by atoms with E-state index < -0.39 is 0 Å². The predicted octanol–water partition coefficient (Wildman–Crippen LogP) is 1.80. The van der Waals surface area contributed by atoms with E-state index in [1.54, 1.807) is 24.0 Å². The largest absolute Gasteiger partial charge is 0.349 e. The van der Waals surface area contributed by atoms with Gasteiger partial charge >= 0.3 is 0 Å². The third-order valence-electron chi connectivity index (χ3n) is 6.61. The van der Waals surface area contributed by atoms with Crippen molar-refractivity contribution in [2.24, 2.45) is 13.0 Å². The number of carbonyl (C=O) groups excluding carboxylic acids is 2. The van der Waals surface area contributed by atoms with Crippen molar-refractivity contribution in [3.05, 3.63) is 18.0 Å². The van der Waals surface area contributed by atoms with E-state index in [2.05, 4.69) is 20.2 Å². The van der Waals surface area contributed by atoms with Crippen molar-refractivity contribution >= 4 is 11.8 Å². The first-order valence-corrected chi connectivity index (χ1v) is 10.9. The van der Waals surface area contributed by atoms with E-state index in [4.69, 9.17) is 0 Å². The lowest BCUT2D eigenvalue weighted by Gasteiger charge is -2.33. The Kier molecular flexibility index (Phi) is 5.99. The van der Waals surface area contributed by atoms with Gasteiger partial charge in [0.15, 0.2) is 0 Å². The molecule has 1 aromatic heterocycles. The zero-order valence-corrected chi connectivity index (χ0v) is 17.0. The minimum absolute atomic E-state index is 0.0702. The van der Waals surface area contributed by atoms with E-state index in [1.807, 2.05) is 0 Å². The summed E-state index contributed by atoms with van der Waals surface area (Å²) in [7, 11) is 1.78. The van der Waals surface area contributed by atoms with Gasteiger partial charge in [-0.05, 0) is 56.9 Å². The lowest BCUT2D eigenvalue weighted by atomic mass is 10.1. The summed E-state index contributed by atoms with van der Waals surface area (Å²) >= 11 is 0. The van der Waals surface area contributed by atoms with Crippen LogP contribution in [0.1, 0.15) is 61.9 Å². The molecule has 28 heavy (non-hydrogen) atoms. The molecule has 3 aliphatic rings. The van der Waals surface area contributed by atoms with Gasteiger partial charge in [0, 0.05) is 57.9 Å². The number of amides is 2. The maximum atomic E-state index is 12.8. The fourth-order valence-corrected chi connectivity index (χ4v) is 4.72. The molecule has 1 aliphatic carbocycles. The molecule has 2 atom stereocenters. The lowest BCUT2D eigenvalue weighted by Crippen LogP contribution is -2.46. The number of nitrogens with zero attached hydrogens (tertiary/aromatic N) is 4. The number of hydrogen-bond acceptors (Lipinski definition) is 4. The number of rotatable bonds is 7. The highest BCUT2D eigenvalue weighted by atomic mass is 16.2. The molecule has 3 fully saturated rings. The van der Waals surface area contributed by atoms with E-state index >= 15 is 0 Å². The molecule has 1 N–H and O–H groups in total. The Morgan fingerprint density at radius 1 is 1.11 bits per heavy atom. The number of aromatic nitrogens is 2. The number of aryl methyl sites for hydroxylation is 1. The van der Waals surface area contributed by atoms with Crippen molar-refractivity contribution in [3.63, 3.8) is 0 Å². The molecule has 7 heteroatoms. The monoisotopic (exact) mass is 387 g/mol. The van der Waals surface area contributed by atoms with Crippen LogP contribution < -0.4 is 5.32 Å². The van der Waals surface area contributed by atoms with E-state index in [1.165, 1.54) is 19.3 Å². The summed E-state index contributed by atoms with van der Waals surface area (Å²) in [6.45, 7) is 3.58. The van der Waals surface area contributed by atoms with E-state index in [9.17, 15) is 9.59 Å². The summed E-state index contributed by atoms with van der Waals surface area (Å²) in [5.74, 6) is 1.03. The Hall–Kier alpha value is -1.89. The average molecular weight is 388 g/mol. The Balaban J connectivity index is 1.34. The first-order chi connectivity index (χ1) is 13.6. The van der Waals surface area contributed by atoms with Gasteiger partial charge in [-0.3, -0.25) is 19.2 Å². The van der Waals surface area contributed by atoms with Gasteiger partial charge in [0.2, 0.25) is 5.91 Å². The normalized spacial score (nSPS) is 25.8. The second kappa shape index (κ2) is 8.64. The maximum Gasteiger partial charge on any atom is 0.269 e. The van der Waals surface area contributed by atoms with Crippen molar-refractivity contribution < 1.29 is 9.59 Å². The summed E-state index contributed by atoms with van der Waals surface area (Å²) < 4.78 is 1.60.